The second kappa shape index (κ2) is 5.98. The van der Waals surface area contributed by atoms with E-state index in [4.69, 9.17) is 0 Å². The zero-order chi connectivity index (χ0) is 14.8. The van der Waals surface area contributed by atoms with E-state index in [-0.39, 0.29) is 18.6 Å². The van der Waals surface area contributed by atoms with Crippen molar-refractivity contribution in [3.63, 3.8) is 0 Å². The molecule has 1 saturated carbocycles. The number of halogens is 3. The van der Waals surface area contributed by atoms with Crippen molar-refractivity contribution < 1.29 is 18.0 Å². The van der Waals surface area contributed by atoms with Crippen molar-refractivity contribution in [2.75, 3.05) is 0 Å². The number of carbonyl (C=O) groups is 1. The van der Waals surface area contributed by atoms with Gasteiger partial charge in [0.2, 0.25) is 0 Å². The van der Waals surface area contributed by atoms with Gasteiger partial charge in [-0.2, -0.15) is 13.2 Å². The van der Waals surface area contributed by atoms with Gasteiger partial charge in [0.25, 0.3) is 0 Å². The molecule has 1 aromatic carbocycles. The number of Topliss-reactive ketones (excluding diaryl/α,β-unsaturated/α-hetero) is 1. The first-order chi connectivity index (χ1) is 9.38. The number of aryl methyl sites for hydroxylation is 1. The zero-order valence-corrected chi connectivity index (χ0v) is 11.5. The van der Waals surface area contributed by atoms with E-state index in [9.17, 15) is 18.0 Å². The molecule has 4 heteroatoms. The second-order valence-electron chi connectivity index (χ2n) is 5.67. The van der Waals surface area contributed by atoms with Crippen molar-refractivity contribution in [2.45, 2.75) is 45.2 Å². The molecule has 0 heterocycles. The molecule has 1 nitrogen and oxygen atoms in total. The molecule has 2 rings (SSSR count). The van der Waals surface area contributed by atoms with Gasteiger partial charge < -0.3 is 0 Å². The highest BCUT2D eigenvalue weighted by atomic mass is 19.4. The predicted molar refractivity (Wildman–Crippen MR) is 71.4 cm³/mol. The molecule has 0 amide bonds. The summed E-state index contributed by atoms with van der Waals surface area (Å²) in [4.78, 5) is 12.2. The Labute approximate surface area is 117 Å². The highest BCUT2D eigenvalue weighted by Crippen LogP contribution is 2.42. The maximum absolute atomic E-state index is 13.0. The van der Waals surface area contributed by atoms with Crippen molar-refractivity contribution in [3.05, 3.63) is 35.4 Å². The van der Waals surface area contributed by atoms with Gasteiger partial charge in [0.1, 0.15) is 5.78 Å². The van der Waals surface area contributed by atoms with E-state index in [1.54, 1.807) is 0 Å². The molecule has 0 saturated heterocycles. The van der Waals surface area contributed by atoms with Gasteiger partial charge in [-0.25, -0.2) is 0 Å². The van der Waals surface area contributed by atoms with Gasteiger partial charge in [-0.15, -0.1) is 0 Å². The summed E-state index contributed by atoms with van der Waals surface area (Å²) in [5, 5.41) is 0. The number of hydrogen-bond acceptors (Lipinski definition) is 1. The Bertz CT molecular complexity index is 462. The summed E-state index contributed by atoms with van der Waals surface area (Å²) >= 11 is 0. The Hall–Kier alpha value is -1.32. The van der Waals surface area contributed by atoms with Crippen LogP contribution in [-0.2, 0) is 11.2 Å². The van der Waals surface area contributed by atoms with Gasteiger partial charge in [-0.1, -0.05) is 42.7 Å². The van der Waals surface area contributed by atoms with Crippen LogP contribution in [0.2, 0.25) is 0 Å². The van der Waals surface area contributed by atoms with Crippen LogP contribution in [0.1, 0.15) is 36.8 Å². The van der Waals surface area contributed by atoms with E-state index < -0.39 is 18.0 Å². The van der Waals surface area contributed by atoms with E-state index in [0.29, 0.717) is 12.8 Å². The van der Waals surface area contributed by atoms with Crippen molar-refractivity contribution in [1.29, 1.82) is 0 Å². The minimum absolute atomic E-state index is 0.0911. The summed E-state index contributed by atoms with van der Waals surface area (Å²) in [6, 6.07) is 7.40. The quantitative estimate of drug-likeness (QED) is 0.800. The third-order valence-corrected chi connectivity index (χ3v) is 4.10. The predicted octanol–water partition coefficient (Wildman–Crippen LogP) is 4.48. The number of alkyl halides is 3. The van der Waals surface area contributed by atoms with Crippen LogP contribution in [0.25, 0.3) is 0 Å². The average molecular weight is 284 g/mol. The first-order valence-electron chi connectivity index (χ1n) is 7.03. The number of rotatable bonds is 3. The van der Waals surface area contributed by atoms with Crippen LogP contribution in [0.3, 0.4) is 0 Å². The number of carbonyl (C=O) groups excluding carboxylic acids is 1. The fourth-order valence-corrected chi connectivity index (χ4v) is 2.95. The minimum Gasteiger partial charge on any atom is -0.299 e. The van der Waals surface area contributed by atoms with E-state index >= 15 is 0 Å². The van der Waals surface area contributed by atoms with E-state index in [2.05, 4.69) is 0 Å². The Morgan fingerprint density at radius 3 is 2.35 bits per heavy atom. The first-order valence-corrected chi connectivity index (χ1v) is 7.03. The van der Waals surface area contributed by atoms with Gasteiger partial charge in [-0.3, -0.25) is 4.79 Å². The van der Waals surface area contributed by atoms with E-state index in [0.717, 1.165) is 17.5 Å². The van der Waals surface area contributed by atoms with E-state index in [1.165, 1.54) is 0 Å². The monoisotopic (exact) mass is 284 g/mol. The SMILES string of the molecule is Cc1ccc(CC(=O)C2CCCCC2C(F)(F)F)cc1. The lowest BCUT2D eigenvalue weighted by Crippen LogP contribution is -2.37. The van der Waals surface area contributed by atoms with Crippen LogP contribution in [0.15, 0.2) is 24.3 Å². The Kier molecular flexibility index (Phi) is 4.51. The van der Waals surface area contributed by atoms with Crippen LogP contribution in [0.4, 0.5) is 13.2 Å². The van der Waals surface area contributed by atoms with Crippen molar-refractivity contribution in [2.24, 2.45) is 11.8 Å². The van der Waals surface area contributed by atoms with Crippen molar-refractivity contribution >= 4 is 5.78 Å². The molecule has 2 atom stereocenters. The largest absolute Gasteiger partial charge is 0.392 e. The Balaban J connectivity index is 2.08. The molecule has 1 aliphatic rings. The molecule has 0 N–H and O–H groups in total. The summed E-state index contributed by atoms with van der Waals surface area (Å²) < 4.78 is 39.0. The third-order valence-electron chi connectivity index (χ3n) is 4.10. The van der Waals surface area contributed by atoms with Gasteiger partial charge in [0.05, 0.1) is 5.92 Å². The van der Waals surface area contributed by atoms with Crippen LogP contribution in [0, 0.1) is 18.8 Å². The fraction of sp³-hybridized carbons (Fsp3) is 0.562. The molecule has 0 spiro atoms. The number of benzene rings is 1. The molecule has 2 unspecified atom stereocenters. The van der Waals surface area contributed by atoms with Crippen LogP contribution < -0.4 is 0 Å². The smallest absolute Gasteiger partial charge is 0.299 e. The third kappa shape index (κ3) is 3.62. The topological polar surface area (TPSA) is 17.1 Å². The maximum Gasteiger partial charge on any atom is 0.392 e. The normalized spacial score (nSPS) is 23.6. The molecule has 0 radical (unpaired) electrons. The summed E-state index contributed by atoms with van der Waals surface area (Å²) in [7, 11) is 0. The van der Waals surface area contributed by atoms with Gasteiger partial charge in [0, 0.05) is 12.3 Å². The van der Waals surface area contributed by atoms with Gasteiger partial charge in [-0.05, 0) is 25.3 Å². The molecule has 1 aromatic rings. The molecular weight excluding hydrogens is 265 g/mol. The highest BCUT2D eigenvalue weighted by Gasteiger charge is 2.47. The van der Waals surface area contributed by atoms with Crippen LogP contribution in [-0.4, -0.2) is 12.0 Å². The highest BCUT2D eigenvalue weighted by molar-refractivity contribution is 5.83. The van der Waals surface area contributed by atoms with Crippen molar-refractivity contribution in [3.8, 4) is 0 Å². The lowest BCUT2D eigenvalue weighted by atomic mass is 9.75. The fourth-order valence-electron chi connectivity index (χ4n) is 2.95. The first kappa shape index (κ1) is 15.1. The molecule has 110 valence electrons. The second-order valence-corrected chi connectivity index (χ2v) is 5.67. The average Bonchev–Trinajstić information content (AvgIpc) is 2.40. The van der Waals surface area contributed by atoms with Gasteiger partial charge >= 0.3 is 6.18 Å². The molecule has 0 aromatic heterocycles. The molecule has 1 aliphatic carbocycles. The van der Waals surface area contributed by atoms with E-state index in [1.807, 2.05) is 31.2 Å². The van der Waals surface area contributed by atoms with Gasteiger partial charge in [0.15, 0.2) is 0 Å². The van der Waals surface area contributed by atoms with Crippen LogP contribution in [0.5, 0.6) is 0 Å². The molecule has 1 fully saturated rings. The summed E-state index contributed by atoms with van der Waals surface area (Å²) in [5.74, 6) is -2.57. The molecule has 0 bridgehead atoms. The summed E-state index contributed by atoms with van der Waals surface area (Å²) in [6.07, 6.45) is -2.40. The molecule has 0 aliphatic heterocycles. The maximum atomic E-state index is 13.0. The number of hydrogen-bond donors (Lipinski definition) is 0. The zero-order valence-electron chi connectivity index (χ0n) is 11.5. The van der Waals surface area contributed by atoms with Crippen molar-refractivity contribution in [1.82, 2.24) is 0 Å². The Morgan fingerprint density at radius 1 is 1.15 bits per heavy atom. The lowest BCUT2D eigenvalue weighted by molar-refractivity contribution is -0.197. The Morgan fingerprint density at radius 2 is 1.75 bits per heavy atom. The number of ketones is 1. The summed E-state index contributed by atoms with van der Waals surface area (Å²) in [6.45, 7) is 1.94. The molecular formula is C16H19F3O. The minimum atomic E-state index is -4.26. The standard InChI is InChI=1S/C16H19F3O/c1-11-6-8-12(9-7-11)10-15(20)13-4-2-3-5-14(13)16(17,18)19/h6-9,13-14H,2-5,10H2,1H3. The van der Waals surface area contributed by atoms with Crippen LogP contribution >= 0.6 is 0 Å². The molecule has 20 heavy (non-hydrogen) atoms. The summed E-state index contributed by atoms with van der Waals surface area (Å²) in [5.41, 5.74) is 1.87. The lowest BCUT2D eigenvalue weighted by Gasteiger charge is -2.32.